The molecule has 0 saturated carbocycles. The van der Waals surface area contributed by atoms with Crippen molar-refractivity contribution in [3.8, 4) is 11.4 Å². The van der Waals surface area contributed by atoms with E-state index in [4.69, 9.17) is 17.3 Å². The zero-order chi connectivity index (χ0) is 12.6. The number of hydrogen-bond donors (Lipinski definition) is 1. The zero-order valence-electron chi connectivity index (χ0n) is 9.98. The van der Waals surface area contributed by atoms with Crippen LogP contribution in [0, 0.1) is 0 Å². The number of anilines is 1. The van der Waals surface area contributed by atoms with E-state index in [0.29, 0.717) is 16.5 Å². The van der Waals surface area contributed by atoms with Crippen LogP contribution in [0.25, 0.3) is 11.4 Å². The molecule has 1 aromatic heterocycles. The third-order valence-electron chi connectivity index (χ3n) is 2.36. The standard InChI is InChI=1S/C11H14ClN5/c1-11(2,3)17-10(14-15-16-17)7-4-5-9(13)8(12)6-7/h4-6H,13H2,1-3H3. The Bertz CT molecular complexity index is 541. The highest BCUT2D eigenvalue weighted by Gasteiger charge is 2.20. The van der Waals surface area contributed by atoms with Crippen LogP contribution in [0.4, 0.5) is 5.69 Å². The molecule has 0 radical (unpaired) electrons. The van der Waals surface area contributed by atoms with Gasteiger partial charge in [-0.15, -0.1) is 5.10 Å². The highest BCUT2D eigenvalue weighted by molar-refractivity contribution is 6.33. The first-order valence-corrected chi connectivity index (χ1v) is 5.61. The minimum Gasteiger partial charge on any atom is -0.398 e. The van der Waals surface area contributed by atoms with E-state index < -0.39 is 0 Å². The summed E-state index contributed by atoms with van der Waals surface area (Å²) in [6, 6.07) is 5.37. The number of aromatic nitrogens is 4. The fourth-order valence-corrected chi connectivity index (χ4v) is 1.67. The van der Waals surface area contributed by atoms with Crippen molar-refractivity contribution in [2.24, 2.45) is 0 Å². The maximum absolute atomic E-state index is 5.99. The lowest BCUT2D eigenvalue weighted by molar-refractivity contribution is 0.351. The van der Waals surface area contributed by atoms with Crippen molar-refractivity contribution in [1.82, 2.24) is 20.2 Å². The molecule has 0 amide bonds. The second-order valence-electron chi connectivity index (χ2n) is 4.82. The van der Waals surface area contributed by atoms with Gasteiger partial charge in [0, 0.05) is 5.56 Å². The number of rotatable bonds is 1. The molecule has 0 bridgehead atoms. The van der Waals surface area contributed by atoms with Crippen molar-refractivity contribution in [2.45, 2.75) is 26.3 Å². The van der Waals surface area contributed by atoms with E-state index in [1.807, 2.05) is 26.8 Å². The van der Waals surface area contributed by atoms with Crippen LogP contribution in [0.2, 0.25) is 5.02 Å². The Morgan fingerprint density at radius 1 is 1.29 bits per heavy atom. The molecule has 0 aliphatic carbocycles. The van der Waals surface area contributed by atoms with E-state index in [1.165, 1.54) is 0 Å². The maximum atomic E-state index is 5.99. The minimum atomic E-state index is -0.188. The van der Waals surface area contributed by atoms with E-state index in [9.17, 15) is 0 Å². The molecule has 0 aliphatic heterocycles. The number of nitrogens with zero attached hydrogens (tertiary/aromatic N) is 4. The largest absolute Gasteiger partial charge is 0.398 e. The Balaban J connectivity index is 2.54. The lowest BCUT2D eigenvalue weighted by atomic mass is 10.1. The molecule has 0 saturated heterocycles. The molecule has 1 aromatic carbocycles. The fraction of sp³-hybridized carbons (Fsp3) is 0.364. The van der Waals surface area contributed by atoms with Gasteiger partial charge in [-0.3, -0.25) is 0 Å². The van der Waals surface area contributed by atoms with Gasteiger partial charge in [0.2, 0.25) is 0 Å². The van der Waals surface area contributed by atoms with E-state index in [2.05, 4.69) is 15.5 Å². The van der Waals surface area contributed by atoms with Gasteiger partial charge in [0.15, 0.2) is 5.82 Å². The summed E-state index contributed by atoms with van der Waals surface area (Å²) in [5.41, 5.74) is 6.89. The van der Waals surface area contributed by atoms with Gasteiger partial charge < -0.3 is 5.73 Å². The van der Waals surface area contributed by atoms with Crippen LogP contribution in [0.1, 0.15) is 20.8 Å². The summed E-state index contributed by atoms with van der Waals surface area (Å²) < 4.78 is 1.76. The number of tetrazole rings is 1. The van der Waals surface area contributed by atoms with Crippen LogP contribution in [-0.2, 0) is 5.54 Å². The predicted molar refractivity (Wildman–Crippen MR) is 67.7 cm³/mol. The van der Waals surface area contributed by atoms with E-state index in [1.54, 1.807) is 16.8 Å². The first kappa shape index (κ1) is 11.9. The van der Waals surface area contributed by atoms with E-state index in [-0.39, 0.29) is 5.54 Å². The van der Waals surface area contributed by atoms with E-state index in [0.717, 1.165) is 5.56 Å². The monoisotopic (exact) mass is 251 g/mol. The molecular formula is C11H14ClN5. The Hall–Kier alpha value is -1.62. The van der Waals surface area contributed by atoms with Crippen LogP contribution < -0.4 is 5.73 Å². The van der Waals surface area contributed by atoms with Gasteiger partial charge in [-0.2, -0.15) is 0 Å². The summed E-state index contributed by atoms with van der Waals surface area (Å²) in [7, 11) is 0. The van der Waals surface area contributed by atoms with Gasteiger partial charge in [-0.05, 0) is 49.4 Å². The van der Waals surface area contributed by atoms with Crippen LogP contribution >= 0.6 is 11.6 Å². The first-order chi connectivity index (χ1) is 7.89. The molecule has 2 aromatic rings. The van der Waals surface area contributed by atoms with Crippen LogP contribution in [-0.4, -0.2) is 20.2 Å². The highest BCUT2D eigenvalue weighted by Crippen LogP contribution is 2.27. The third-order valence-corrected chi connectivity index (χ3v) is 2.69. The summed E-state index contributed by atoms with van der Waals surface area (Å²) >= 11 is 5.99. The van der Waals surface area contributed by atoms with Gasteiger partial charge in [-0.25, -0.2) is 4.68 Å². The smallest absolute Gasteiger partial charge is 0.182 e. The van der Waals surface area contributed by atoms with Crippen molar-refractivity contribution < 1.29 is 0 Å². The topological polar surface area (TPSA) is 69.6 Å². The van der Waals surface area contributed by atoms with Crippen molar-refractivity contribution in [1.29, 1.82) is 0 Å². The molecule has 90 valence electrons. The second kappa shape index (κ2) is 4.00. The number of benzene rings is 1. The molecule has 2 rings (SSSR count). The Labute approximate surface area is 105 Å². The number of hydrogen-bond acceptors (Lipinski definition) is 4. The summed E-state index contributed by atoms with van der Waals surface area (Å²) in [6.45, 7) is 6.10. The van der Waals surface area contributed by atoms with Crippen LogP contribution in [0.5, 0.6) is 0 Å². The second-order valence-corrected chi connectivity index (χ2v) is 5.23. The average Bonchev–Trinajstić information content (AvgIpc) is 2.70. The fourth-order valence-electron chi connectivity index (χ4n) is 1.49. The molecule has 2 N–H and O–H groups in total. The molecule has 0 atom stereocenters. The molecular weight excluding hydrogens is 238 g/mol. The van der Waals surface area contributed by atoms with Gasteiger partial charge >= 0.3 is 0 Å². The number of nitrogens with two attached hydrogens (primary N) is 1. The SMILES string of the molecule is CC(C)(C)n1nnnc1-c1ccc(N)c(Cl)c1. The third kappa shape index (κ3) is 2.24. The van der Waals surface area contributed by atoms with Crippen LogP contribution in [0.3, 0.4) is 0 Å². The summed E-state index contributed by atoms with van der Waals surface area (Å²) in [5, 5.41) is 12.2. The summed E-state index contributed by atoms with van der Waals surface area (Å²) in [6.07, 6.45) is 0. The lowest BCUT2D eigenvalue weighted by Gasteiger charge is -2.19. The average molecular weight is 252 g/mol. The van der Waals surface area contributed by atoms with Crippen molar-refractivity contribution >= 4 is 17.3 Å². The van der Waals surface area contributed by atoms with Crippen LogP contribution in [0.15, 0.2) is 18.2 Å². The van der Waals surface area contributed by atoms with E-state index >= 15 is 0 Å². The Kier molecular flexibility index (Phi) is 2.79. The summed E-state index contributed by atoms with van der Waals surface area (Å²) in [5.74, 6) is 0.680. The normalized spacial score (nSPS) is 11.8. The first-order valence-electron chi connectivity index (χ1n) is 5.24. The molecule has 5 nitrogen and oxygen atoms in total. The molecule has 1 heterocycles. The molecule has 17 heavy (non-hydrogen) atoms. The molecule has 0 spiro atoms. The molecule has 0 fully saturated rings. The Morgan fingerprint density at radius 2 is 2.00 bits per heavy atom. The lowest BCUT2D eigenvalue weighted by Crippen LogP contribution is -2.24. The molecule has 0 unspecified atom stereocenters. The Morgan fingerprint density at radius 3 is 2.59 bits per heavy atom. The quantitative estimate of drug-likeness (QED) is 0.790. The summed E-state index contributed by atoms with van der Waals surface area (Å²) in [4.78, 5) is 0. The number of halogens is 1. The minimum absolute atomic E-state index is 0.188. The van der Waals surface area contributed by atoms with Crippen molar-refractivity contribution in [3.05, 3.63) is 23.2 Å². The molecule has 0 aliphatic rings. The highest BCUT2D eigenvalue weighted by atomic mass is 35.5. The van der Waals surface area contributed by atoms with Gasteiger partial charge in [0.25, 0.3) is 0 Å². The number of nitrogen functional groups attached to an aromatic ring is 1. The van der Waals surface area contributed by atoms with Crippen molar-refractivity contribution in [3.63, 3.8) is 0 Å². The van der Waals surface area contributed by atoms with Gasteiger partial charge in [0.1, 0.15) is 0 Å². The molecule has 6 heteroatoms. The van der Waals surface area contributed by atoms with Crippen molar-refractivity contribution in [2.75, 3.05) is 5.73 Å². The zero-order valence-corrected chi connectivity index (χ0v) is 10.7. The van der Waals surface area contributed by atoms with Gasteiger partial charge in [0.05, 0.1) is 16.2 Å². The maximum Gasteiger partial charge on any atom is 0.182 e. The predicted octanol–water partition coefficient (Wildman–Crippen LogP) is 2.33. The van der Waals surface area contributed by atoms with Gasteiger partial charge in [-0.1, -0.05) is 11.6 Å².